The fourth-order valence-electron chi connectivity index (χ4n) is 5.98. The fourth-order valence-corrected chi connectivity index (χ4v) is 5.98. The minimum absolute atomic E-state index is 0. The molecular formula is C28H39N3O7. The molecule has 1 fully saturated rings. The van der Waals surface area contributed by atoms with Gasteiger partial charge in [0, 0.05) is 30.1 Å². The molecule has 4 atom stereocenters. The average Bonchev–Trinajstić information content (AvgIpc) is 2.76. The van der Waals surface area contributed by atoms with E-state index in [1.54, 1.807) is 26.2 Å². The summed E-state index contributed by atoms with van der Waals surface area (Å²) in [7, 11) is 3.14. The second-order valence-electron chi connectivity index (χ2n) is 11.7. The average molecular weight is 530 g/mol. The van der Waals surface area contributed by atoms with E-state index in [9.17, 15) is 34.8 Å². The van der Waals surface area contributed by atoms with Gasteiger partial charge in [-0.3, -0.25) is 19.3 Å². The quantitative estimate of drug-likeness (QED) is 0.311. The number of amides is 1. The zero-order valence-corrected chi connectivity index (χ0v) is 21.8. The van der Waals surface area contributed by atoms with E-state index < -0.39 is 58.0 Å². The molecule has 0 aromatic heterocycles. The minimum Gasteiger partial charge on any atom is -0.508 e. The topological polar surface area (TPSA) is 173 Å². The van der Waals surface area contributed by atoms with Crippen LogP contribution in [0.2, 0.25) is 0 Å². The molecule has 38 heavy (non-hydrogen) atoms. The zero-order chi connectivity index (χ0) is 27.6. The van der Waals surface area contributed by atoms with Gasteiger partial charge in [0.25, 0.3) is 5.91 Å². The second-order valence-corrected chi connectivity index (χ2v) is 11.7. The van der Waals surface area contributed by atoms with Crippen molar-refractivity contribution < 1.29 is 34.8 Å². The van der Waals surface area contributed by atoms with Crippen molar-refractivity contribution in [1.29, 1.82) is 0 Å². The van der Waals surface area contributed by atoms with Gasteiger partial charge in [-0.05, 0) is 43.8 Å². The van der Waals surface area contributed by atoms with Crippen molar-refractivity contribution in [3.8, 4) is 5.75 Å². The van der Waals surface area contributed by atoms with Crippen molar-refractivity contribution in [2.75, 3.05) is 20.6 Å². The predicted molar refractivity (Wildman–Crippen MR) is 142 cm³/mol. The van der Waals surface area contributed by atoms with Crippen LogP contribution in [0.3, 0.4) is 0 Å². The van der Waals surface area contributed by atoms with Crippen molar-refractivity contribution in [2.45, 2.75) is 59.2 Å². The minimum atomic E-state index is -2.63. The maximum Gasteiger partial charge on any atom is 0.255 e. The number of aliphatic hydroxyl groups excluding tert-OH is 2. The van der Waals surface area contributed by atoms with E-state index in [0.29, 0.717) is 24.2 Å². The molecule has 7 N–H and O–H groups in total. The molecular weight excluding hydrogens is 490 g/mol. The lowest BCUT2D eigenvalue weighted by molar-refractivity contribution is -0.153. The first-order valence-corrected chi connectivity index (χ1v) is 12.3. The Hall–Kier alpha value is -3.21. The van der Waals surface area contributed by atoms with Crippen LogP contribution in [0.25, 0.3) is 5.76 Å². The van der Waals surface area contributed by atoms with Crippen LogP contribution < -0.4 is 11.1 Å². The molecule has 10 nitrogen and oxygen atoms in total. The van der Waals surface area contributed by atoms with Crippen LogP contribution in [0.4, 0.5) is 0 Å². The summed E-state index contributed by atoms with van der Waals surface area (Å²) in [4.78, 5) is 40.5. The predicted octanol–water partition coefficient (Wildman–Crippen LogP) is 1.74. The molecule has 0 unspecified atom stereocenters. The summed E-state index contributed by atoms with van der Waals surface area (Å²) in [6, 6.07) is 2.46. The number of ketones is 2. The van der Waals surface area contributed by atoms with E-state index in [-0.39, 0.29) is 42.6 Å². The van der Waals surface area contributed by atoms with Gasteiger partial charge in [-0.2, -0.15) is 0 Å². The molecule has 0 radical (unpaired) electrons. The molecule has 1 saturated carbocycles. The number of hydrogen-bond acceptors (Lipinski definition) is 9. The summed E-state index contributed by atoms with van der Waals surface area (Å²) in [6.45, 7) is 7.24. The van der Waals surface area contributed by atoms with Crippen molar-refractivity contribution >= 4 is 23.2 Å². The van der Waals surface area contributed by atoms with Gasteiger partial charge in [0.15, 0.2) is 11.4 Å². The Morgan fingerprint density at radius 3 is 2.37 bits per heavy atom. The SMILES string of the molecule is C.CN(C)[C@@H]1C(=O)C(C(N)=O)=C(O)[C@@]2(O)C(=O)C3=C(O)c4c(ccc(CNCC(C)(C)C)c4O)C[C@H]3C[C@@H]12. The molecule has 0 saturated heterocycles. The Bertz CT molecular complexity index is 1260. The molecule has 1 aromatic rings. The molecule has 3 aliphatic carbocycles. The van der Waals surface area contributed by atoms with E-state index >= 15 is 0 Å². The van der Waals surface area contributed by atoms with Gasteiger partial charge >= 0.3 is 0 Å². The van der Waals surface area contributed by atoms with Gasteiger partial charge in [-0.15, -0.1) is 0 Å². The lowest BCUT2D eigenvalue weighted by atomic mass is 9.57. The number of fused-ring (bicyclic) bond motifs is 3. The van der Waals surface area contributed by atoms with Crippen LogP contribution in [0.15, 0.2) is 29.0 Å². The molecule has 208 valence electrons. The highest BCUT2D eigenvalue weighted by atomic mass is 16.3. The zero-order valence-electron chi connectivity index (χ0n) is 21.8. The lowest BCUT2D eigenvalue weighted by Crippen LogP contribution is -2.65. The first-order valence-electron chi connectivity index (χ1n) is 12.3. The number of carbonyl (C=O) groups is 3. The van der Waals surface area contributed by atoms with Crippen molar-refractivity contribution in [3.05, 3.63) is 45.7 Å². The van der Waals surface area contributed by atoms with Gasteiger partial charge in [0.2, 0.25) is 5.78 Å². The summed E-state index contributed by atoms with van der Waals surface area (Å²) in [6.07, 6.45) is 0.346. The molecule has 3 aliphatic rings. The van der Waals surface area contributed by atoms with E-state index in [1.165, 1.54) is 4.90 Å². The number of rotatable bonds is 5. The maximum absolute atomic E-state index is 13.8. The van der Waals surface area contributed by atoms with Crippen LogP contribution in [-0.2, 0) is 27.3 Å². The second kappa shape index (κ2) is 9.83. The van der Waals surface area contributed by atoms with Crippen LogP contribution >= 0.6 is 0 Å². The first-order chi connectivity index (χ1) is 17.1. The Labute approximate surface area is 222 Å². The number of primary amides is 1. The van der Waals surface area contributed by atoms with Crippen molar-refractivity contribution in [1.82, 2.24) is 10.2 Å². The van der Waals surface area contributed by atoms with Crippen molar-refractivity contribution in [2.24, 2.45) is 23.0 Å². The highest BCUT2D eigenvalue weighted by Gasteiger charge is 2.64. The van der Waals surface area contributed by atoms with E-state index in [0.717, 1.165) is 0 Å². The first kappa shape index (κ1) is 29.3. The van der Waals surface area contributed by atoms with Gasteiger partial charge < -0.3 is 31.5 Å². The summed E-state index contributed by atoms with van der Waals surface area (Å²) in [5.74, 6) is -6.44. The van der Waals surface area contributed by atoms with Crippen molar-refractivity contribution in [3.63, 3.8) is 0 Å². The lowest BCUT2D eigenvalue weighted by Gasteiger charge is -2.50. The number of phenolic OH excluding ortho intramolecular Hbond substituents is 1. The molecule has 0 bridgehead atoms. The third-order valence-corrected chi connectivity index (χ3v) is 7.65. The number of Topliss-reactive ketones (excluding diaryl/α,β-unsaturated/α-hetero) is 2. The molecule has 1 amide bonds. The van der Waals surface area contributed by atoms with Crippen LogP contribution in [0.5, 0.6) is 5.75 Å². The number of hydrogen-bond donors (Lipinski definition) is 6. The molecule has 0 heterocycles. The molecule has 0 spiro atoms. The van der Waals surface area contributed by atoms with Gasteiger partial charge in [-0.1, -0.05) is 40.3 Å². The summed E-state index contributed by atoms with van der Waals surface area (Å²) in [5, 5.41) is 48.1. The Morgan fingerprint density at radius 1 is 1.18 bits per heavy atom. The Morgan fingerprint density at radius 2 is 1.82 bits per heavy atom. The number of aromatic hydroxyl groups is 1. The third-order valence-electron chi connectivity index (χ3n) is 7.65. The summed E-state index contributed by atoms with van der Waals surface area (Å²) in [5.41, 5.74) is 3.02. The van der Waals surface area contributed by atoms with E-state index in [4.69, 9.17) is 5.73 Å². The number of nitrogens with one attached hydrogen (secondary N) is 1. The van der Waals surface area contributed by atoms with Gasteiger partial charge in [-0.25, -0.2) is 0 Å². The molecule has 1 aromatic carbocycles. The number of phenols is 1. The smallest absolute Gasteiger partial charge is 0.255 e. The van der Waals surface area contributed by atoms with Crippen LogP contribution in [-0.4, -0.2) is 75.1 Å². The normalized spacial score (nSPS) is 27.1. The number of benzene rings is 1. The standard InChI is InChI=1S/C27H35N3O7.CH4/c1-26(2,3)11-29-10-13-7-6-12-8-14-9-15-19(30(4)5)22(33)18(25(28)36)24(35)27(15,37)23(34)17(14)21(32)16(12)20(13)31;/h6-7,14-15,19,29,31-32,35,37H,8-11H2,1-5H3,(H2,28,36);1H4/t14-,15-,19-,27-;/m0./s1. The molecule has 4 rings (SSSR count). The van der Waals surface area contributed by atoms with Gasteiger partial charge in [0.1, 0.15) is 22.8 Å². The number of likely N-dealkylation sites (N-methyl/N-ethyl adjacent to an activating group) is 1. The Kier molecular flexibility index (Phi) is 7.59. The summed E-state index contributed by atoms with van der Waals surface area (Å²) < 4.78 is 0. The highest BCUT2D eigenvalue weighted by molar-refractivity contribution is 6.24. The largest absolute Gasteiger partial charge is 0.508 e. The van der Waals surface area contributed by atoms with E-state index in [2.05, 4.69) is 26.1 Å². The maximum atomic E-state index is 13.8. The van der Waals surface area contributed by atoms with Gasteiger partial charge in [0.05, 0.1) is 11.6 Å². The van der Waals surface area contributed by atoms with E-state index in [1.807, 2.05) is 0 Å². The monoisotopic (exact) mass is 529 g/mol. The fraction of sp³-hybridized carbons (Fsp3) is 0.536. The highest BCUT2D eigenvalue weighted by Crippen LogP contribution is 2.52. The number of nitrogens with zero attached hydrogens (tertiary/aromatic N) is 1. The number of nitrogens with two attached hydrogens (primary N) is 1. The molecule has 0 aliphatic heterocycles. The van der Waals surface area contributed by atoms with Crippen LogP contribution in [0, 0.1) is 17.3 Å². The number of carbonyl (C=O) groups excluding carboxylic acids is 3. The third kappa shape index (κ3) is 4.40. The van der Waals surface area contributed by atoms with Crippen LogP contribution in [0.1, 0.15) is 51.3 Å². The molecule has 10 heteroatoms. The number of aliphatic hydroxyl groups is 3. The Balaban J connectivity index is 0.00000400. The summed E-state index contributed by atoms with van der Waals surface area (Å²) >= 11 is 0.